The molecule has 0 aliphatic heterocycles. The molecule has 0 radical (unpaired) electrons. The highest BCUT2D eigenvalue weighted by Gasteiger charge is 2.05. The number of guanidine groups is 1. The molecule has 0 fully saturated rings. The minimum atomic E-state index is 0. The van der Waals surface area contributed by atoms with Gasteiger partial charge in [0.2, 0.25) is 0 Å². The minimum Gasteiger partial charge on any atom is -0.357 e. The van der Waals surface area contributed by atoms with Crippen molar-refractivity contribution in [1.82, 2.24) is 10.2 Å². The molecule has 0 saturated carbocycles. The third kappa shape index (κ3) is 10.1. The number of thioether (sulfide) groups is 1. The smallest absolute Gasteiger partial charge is 0.193 e. The maximum atomic E-state index is 4.65. The minimum absolute atomic E-state index is 0. The molecule has 0 heterocycles. The van der Waals surface area contributed by atoms with Crippen LogP contribution < -0.4 is 5.32 Å². The van der Waals surface area contributed by atoms with E-state index in [9.17, 15) is 0 Å². The van der Waals surface area contributed by atoms with Gasteiger partial charge in [0.15, 0.2) is 5.96 Å². The molecule has 0 rings (SSSR count). The average molecular weight is 385 g/mol. The van der Waals surface area contributed by atoms with Crippen LogP contribution in [0.3, 0.4) is 0 Å². The average Bonchev–Trinajstić information content (AvgIpc) is 2.34. The quantitative estimate of drug-likeness (QED) is 0.229. The third-order valence-electron chi connectivity index (χ3n) is 2.50. The van der Waals surface area contributed by atoms with Crippen molar-refractivity contribution >= 4 is 41.7 Å². The van der Waals surface area contributed by atoms with Crippen molar-refractivity contribution in [1.29, 1.82) is 0 Å². The number of nitrogens with zero attached hydrogens (tertiary/aromatic N) is 2. The molecule has 3 nitrogen and oxygen atoms in total. The Labute approximate surface area is 134 Å². The first-order valence-electron chi connectivity index (χ1n) is 6.28. The molecule has 0 aromatic carbocycles. The topological polar surface area (TPSA) is 27.6 Å². The van der Waals surface area contributed by atoms with Crippen LogP contribution >= 0.6 is 35.7 Å². The molecule has 0 spiro atoms. The second-order valence-corrected chi connectivity index (χ2v) is 5.37. The van der Waals surface area contributed by atoms with Crippen molar-refractivity contribution in [2.45, 2.75) is 31.9 Å². The Morgan fingerprint density at radius 3 is 2.72 bits per heavy atom. The highest BCUT2D eigenvalue weighted by Crippen LogP contribution is 2.05. The summed E-state index contributed by atoms with van der Waals surface area (Å²) in [5, 5.41) is 3.90. The molecular weight excluding hydrogens is 357 g/mol. The normalized spacial score (nSPS) is 12.6. The van der Waals surface area contributed by atoms with E-state index in [1.54, 1.807) is 0 Å². The fourth-order valence-electron chi connectivity index (χ4n) is 1.34. The molecule has 0 aromatic rings. The summed E-state index contributed by atoms with van der Waals surface area (Å²) in [5.74, 6) is 1.01. The summed E-state index contributed by atoms with van der Waals surface area (Å²) in [6.07, 6.45) is 6.28. The summed E-state index contributed by atoms with van der Waals surface area (Å²) in [5.41, 5.74) is 0. The lowest BCUT2D eigenvalue weighted by Crippen LogP contribution is -2.39. The van der Waals surface area contributed by atoms with Crippen molar-refractivity contribution in [2.75, 3.05) is 32.9 Å². The molecule has 0 aromatic heterocycles. The first-order chi connectivity index (χ1) is 8.15. The van der Waals surface area contributed by atoms with Gasteiger partial charge >= 0.3 is 0 Å². The first kappa shape index (κ1) is 20.4. The Balaban J connectivity index is 0. The van der Waals surface area contributed by atoms with Crippen LogP contribution in [0.5, 0.6) is 0 Å². The lowest BCUT2D eigenvalue weighted by Gasteiger charge is -2.22. The zero-order chi connectivity index (χ0) is 13.1. The molecule has 108 valence electrons. The summed E-state index contributed by atoms with van der Waals surface area (Å²) in [6, 6.07) is 0. The molecule has 1 N–H and O–H groups in total. The molecule has 18 heavy (non-hydrogen) atoms. The summed E-state index contributed by atoms with van der Waals surface area (Å²) in [4.78, 5) is 6.84. The number of unbranched alkanes of at least 4 members (excludes halogenated alkanes) is 1. The number of halogens is 1. The van der Waals surface area contributed by atoms with E-state index in [0.717, 1.165) is 38.4 Å². The van der Waals surface area contributed by atoms with Crippen molar-refractivity contribution in [2.24, 2.45) is 4.99 Å². The van der Waals surface area contributed by atoms with Gasteiger partial charge in [0.25, 0.3) is 0 Å². The second-order valence-electron chi connectivity index (χ2n) is 4.09. The number of rotatable bonds is 8. The van der Waals surface area contributed by atoms with Gasteiger partial charge in [0.1, 0.15) is 0 Å². The van der Waals surface area contributed by atoms with Gasteiger partial charge in [-0.25, -0.2) is 0 Å². The lowest BCUT2D eigenvalue weighted by atomic mass is 10.3. The van der Waals surface area contributed by atoms with Crippen LogP contribution in [0.1, 0.15) is 26.7 Å². The third-order valence-corrected chi connectivity index (χ3v) is 3.45. The summed E-state index contributed by atoms with van der Waals surface area (Å²) in [7, 11) is 2.09. The van der Waals surface area contributed by atoms with E-state index < -0.39 is 0 Å². The van der Waals surface area contributed by atoms with Gasteiger partial charge < -0.3 is 10.2 Å². The van der Waals surface area contributed by atoms with Crippen molar-refractivity contribution in [3.63, 3.8) is 0 Å². The highest BCUT2D eigenvalue weighted by atomic mass is 127. The molecule has 0 saturated heterocycles. The number of hydrogen-bond donors (Lipinski definition) is 1. The molecule has 0 aliphatic carbocycles. The van der Waals surface area contributed by atoms with Gasteiger partial charge in [0.05, 0.1) is 6.54 Å². The predicted octanol–water partition coefficient (Wildman–Crippen LogP) is 3.22. The van der Waals surface area contributed by atoms with E-state index in [1.807, 2.05) is 17.8 Å². The zero-order valence-electron chi connectivity index (χ0n) is 12.1. The standard InChI is InChI=1S/C13H27N3S.HI/c1-6-8-9-10-16(4)13(14-7-2)15-11-12(3)17-5;/h6,12H,1,7-11H2,2-5H3,(H,14,15);1H. The SMILES string of the molecule is C=CCCCN(C)C(=NCC(C)SC)NCC.I. The molecule has 0 amide bonds. The van der Waals surface area contributed by atoms with Crippen molar-refractivity contribution in [3.05, 3.63) is 12.7 Å². The van der Waals surface area contributed by atoms with Gasteiger partial charge in [-0.1, -0.05) is 13.0 Å². The highest BCUT2D eigenvalue weighted by molar-refractivity contribution is 14.0. The van der Waals surface area contributed by atoms with Gasteiger partial charge in [-0.3, -0.25) is 4.99 Å². The van der Waals surface area contributed by atoms with Crippen LogP contribution in [0.4, 0.5) is 0 Å². The summed E-state index contributed by atoms with van der Waals surface area (Å²) >= 11 is 1.85. The molecular formula is C13H28IN3S. The number of hydrogen-bond acceptors (Lipinski definition) is 2. The van der Waals surface area contributed by atoms with E-state index in [0.29, 0.717) is 5.25 Å². The van der Waals surface area contributed by atoms with Crippen LogP contribution in [0.15, 0.2) is 17.6 Å². The van der Waals surface area contributed by atoms with Crippen LogP contribution in [-0.2, 0) is 0 Å². The van der Waals surface area contributed by atoms with Crippen molar-refractivity contribution < 1.29 is 0 Å². The van der Waals surface area contributed by atoms with E-state index in [1.165, 1.54) is 0 Å². The van der Waals surface area contributed by atoms with E-state index in [4.69, 9.17) is 0 Å². The van der Waals surface area contributed by atoms with E-state index in [2.05, 4.69) is 48.9 Å². The Bertz CT molecular complexity index is 234. The molecule has 1 unspecified atom stereocenters. The van der Waals surface area contributed by atoms with Gasteiger partial charge in [0, 0.05) is 25.4 Å². The Morgan fingerprint density at radius 2 is 2.22 bits per heavy atom. The van der Waals surface area contributed by atoms with Crippen LogP contribution in [-0.4, -0.2) is 49.0 Å². The molecule has 5 heteroatoms. The first-order valence-corrected chi connectivity index (χ1v) is 7.57. The fourth-order valence-corrected chi connectivity index (χ4v) is 1.56. The maximum Gasteiger partial charge on any atom is 0.193 e. The van der Waals surface area contributed by atoms with Crippen LogP contribution in [0.2, 0.25) is 0 Å². The molecule has 1 atom stereocenters. The van der Waals surface area contributed by atoms with Gasteiger partial charge in [-0.05, 0) is 26.0 Å². The Morgan fingerprint density at radius 1 is 1.56 bits per heavy atom. The largest absolute Gasteiger partial charge is 0.357 e. The monoisotopic (exact) mass is 385 g/mol. The van der Waals surface area contributed by atoms with Crippen LogP contribution in [0, 0.1) is 0 Å². The van der Waals surface area contributed by atoms with Crippen molar-refractivity contribution in [3.8, 4) is 0 Å². The van der Waals surface area contributed by atoms with Gasteiger partial charge in [-0.2, -0.15) is 11.8 Å². The predicted molar refractivity (Wildman–Crippen MR) is 96.4 cm³/mol. The number of nitrogens with one attached hydrogen (secondary N) is 1. The van der Waals surface area contributed by atoms with Crippen LogP contribution in [0.25, 0.3) is 0 Å². The number of allylic oxidation sites excluding steroid dienone is 1. The van der Waals surface area contributed by atoms with Gasteiger partial charge in [-0.15, -0.1) is 30.6 Å². The molecule has 0 bridgehead atoms. The van der Waals surface area contributed by atoms with E-state index in [-0.39, 0.29) is 24.0 Å². The molecule has 0 aliphatic rings. The second kappa shape index (κ2) is 13.5. The lowest BCUT2D eigenvalue weighted by molar-refractivity contribution is 0.470. The maximum absolute atomic E-state index is 4.65. The number of aliphatic imine (C=N–C) groups is 1. The fraction of sp³-hybridized carbons (Fsp3) is 0.769. The Hall–Kier alpha value is 0.0900. The summed E-state index contributed by atoms with van der Waals surface area (Å²) in [6.45, 7) is 10.9. The van der Waals surface area contributed by atoms with E-state index >= 15 is 0 Å². The zero-order valence-corrected chi connectivity index (χ0v) is 15.3. The Kier molecular flexibility index (Phi) is 15.3. The summed E-state index contributed by atoms with van der Waals surface area (Å²) < 4.78 is 0.